The Balaban J connectivity index is 1.63. The van der Waals surface area contributed by atoms with Crippen molar-refractivity contribution in [2.75, 3.05) is 11.1 Å². The van der Waals surface area contributed by atoms with Gasteiger partial charge in [-0.1, -0.05) is 37.7 Å². The van der Waals surface area contributed by atoms with Crippen LogP contribution in [0.4, 0.5) is 5.69 Å². The lowest BCUT2D eigenvalue weighted by atomic mass is 10.1. The number of Topliss-reactive ketones (excluding diaryl/α,β-unsaturated/α-hetero) is 1. The molecule has 32 heavy (non-hydrogen) atoms. The third-order valence-corrected chi connectivity index (χ3v) is 6.82. The molecule has 0 aliphatic heterocycles. The molecule has 4 rings (SSSR count). The summed E-state index contributed by atoms with van der Waals surface area (Å²) in [6.07, 6.45) is 1.70. The monoisotopic (exact) mass is 466 g/mol. The quantitative estimate of drug-likeness (QED) is 0.243. The average molecular weight is 467 g/mol. The summed E-state index contributed by atoms with van der Waals surface area (Å²) in [5.41, 5.74) is 1.61. The molecular formula is C23H22N4O3S2. The van der Waals surface area contributed by atoms with Gasteiger partial charge in [0.25, 0.3) is 5.56 Å². The van der Waals surface area contributed by atoms with Gasteiger partial charge < -0.3 is 5.32 Å². The van der Waals surface area contributed by atoms with E-state index in [1.165, 1.54) is 30.0 Å². The topological polar surface area (TPSA) is 94.0 Å². The number of thiophene rings is 1. The van der Waals surface area contributed by atoms with E-state index in [2.05, 4.69) is 10.3 Å². The van der Waals surface area contributed by atoms with Crippen LogP contribution in [0.2, 0.25) is 0 Å². The predicted octanol–water partition coefficient (Wildman–Crippen LogP) is 4.60. The van der Waals surface area contributed by atoms with E-state index >= 15 is 0 Å². The molecule has 3 aromatic heterocycles. The van der Waals surface area contributed by atoms with Crippen molar-refractivity contribution in [3.05, 3.63) is 58.5 Å². The highest BCUT2D eigenvalue weighted by Crippen LogP contribution is 2.30. The number of nitrogens with one attached hydrogen (secondary N) is 1. The first-order chi connectivity index (χ1) is 15.3. The van der Waals surface area contributed by atoms with Gasteiger partial charge in [0, 0.05) is 29.4 Å². The van der Waals surface area contributed by atoms with Gasteiger partial charge in [-0.25, -0.2) is 9.97 Å². The molecule has 9 heteroatoms. The number of pyridine rings is 1. The average Bonchev–Trinajstić information content (AvgIpc) is 3.13. The molecule has 0 aliphatic carbocycles. The molecule has 0 unspecified atom stereocenters. The van der Waals surface area contributed by atoms with Crippen molar-refractivity contribution in [2.24, 2.45) is 5.92 Å². The fraction of sp³-hybridized carbons (Fsp3) is 0.261. The Morgan fingerprint density at radius 2 is 2.03 bits per heavy atom. The summed E-state index contributed by atoms with van der Waals surface area (Å²) < 4.78 is 2.23. The van der Waals surface area contributed by atoms with Crippen molar-refractivity contribution in [3.63, 3.8) is 0 Å². The molecule has 1 amide bonds. The molecule has 4 aromatic rings. The molecular weight excluding hydrogens is 444 g/mol. The minimum Gasteiger partial charge on any atom is -0.325 e. The second kappa shape index (κ2) is 9.22. The molecule has 164 valence electrons. The van der Waals surface area contributed by atoms with Crippen LogP contribution in [0.5, 0.6) is 0 Å². The molecule has 0 spiro atoms. The maximum absolute atomic E-state index is 13.3. The number of anilines is 1. The molecule has 0 radical (unpaired) electrons. The fourth-order valence-corrected chi connectivity index (χ4v) is 5.15. The second-order valence-electron chi connectivity index (χ2n) is 7.81. The molecule has 0 bridgehead atoms. The van der Waals surface area contributed by atoms with Gasteiger partial charge in [0.1, 0.15) is 9.53 Å². The lowest BCUT2D eigenvalue weighted by Gasteiger charge is -2.14. The molecule has 0 saturated carbocycles. The van der Waals surface area contributed by atoms with Gasteiger partial charge in [-0.3, -0.25) is 19.0 Å². The van der Waals surface area contributed by atoms with Crippen LogP contribution in [0.15, 0.2) is 52.5 Å². The standard InChI is InChI=1S/C23H22N4O3S2/c1-13(2)11-27-22(30)20-19(17-8-5-9-24-21(17)32-20)26-23(27)31-12-18(29)25-16-7-4-6-15(10-16)14(3)28/h4-10,13H,11-12H2,1-3H3,(H,25,29). The van der Waals surface area contributed by atoms with E-state index in [0.717, 1.165) is 10.2 Å². The van der Waals surface area contributed by atoms with Crippen molar-refractivity contribution in [2.45, 2.75) is 32.5 Å². The summed E-state index contributed by atoms with van der Waals surface area (Å²) in [4.78, 5) is 47.3. The zero-order chi connectivity index (χ0) is 22.8. The smallest absolute Gasteiger partial charge is 0.272 e. The molecule has 1 N–H and O–H groups in total. The van der Waals surface area contributed by atoms with Crippen molar-refractivity contribution >= 4 is 60.9 Å². The summed E-state index contributed by atoms with van der Waals surface area (Å²) in [5, 5.41) is 4.16. The van der Waals surface area contributed by atoms with Crippen LogP contribution in [-0.4, -0.2) is 32.0 Å². The first-order valence-electron chi connectivity index (χ1n) is 10.1. The molecule has 3 heterocycles. The Bertz CT molecular complexity index is 1390. The van der Waals surface area contributed by atoms with E-state index in [-0.39, 0.29) is 28.9 Å². The number of nitrogens with zero attached hydrogens (tertiary/aromatic N) is 3. The van der Waals surface area contributed by atoms with Gasteiger partial charge in [-0.05, 0) is 37.1 Å². The van der Waals surface area contributed by atoms with Crippen molar-refractivity contribution in [1.29, 1.82) is 0 Å². The summed E-state index contributed by atoms with van der Waals surface area (Å²) in [6, 6.07) is 10.5. The number of fused-ring (bicyclic) bond motifs is 3. The van der Waals surface area contributed by atoms with Crippen LogP contribution < -0.4 is 10.9 Å². The summed E-state index contributed by atoms with van der Waals surface area (Å²) in [5.74, 6) is 0.0174. The Labute approximate surface area is 192 Å². The summed E-state index contributed by atoms with van der Waals surface area (Å²) >= 11 is 2.57. The normalized spacial score (nSPS) is 11.4. The van der Waals surface area contributed by atoms with Crippen LogP contribution in [0.1, 0.15) is 31.1 Å². The van der Waals surface area contributed by atoms with E-state index in [4.69, 9.17) is 4.98 Å². The van der Waals surface area contributed by atoms with Crippen LogP contribution >= 0.6 is 23.1 Å². The zero-order valence-electron chi connectivity index (χ0n) is 17.9. The Morgan fingerprint density at radius 3 is 2.78 bits per heavy atom. The highest BCUT2D eigenvalue weighted by Gasteiger charge is 2.18. The van der Waals surface area contributed by atoms with Gasteiger partial charge in [0.2, 0.25) is 5.91 Å². The number of hydrogen-bond donors (Lipinski definition) is 1. The molecule has 0 atom stereocenters. The number of aromatic nitrogens is 3. The predicted molar refractivity (Wildman–Crippen MR) is 130 cm³/mol. The van der Waals surface area contributed by atoms with Crippen LogP contribution in [0.25, 0.3) is 20.4 Å². The lowest BCUT2D eigenvalue weighted by molar-refractivity contribution is -0.113. The highest BCUT2D eigenvalue weighted by molar-refractivity contribution is 7.99. The van der Waals surface area contributed by atoms with E-state index in [1.54, 1.807) is 35.0 Å². The first-order valence-corrected chi connectivity index (χ1v) is 12.0. The molecule has 1 aromatic carbocycles. The number of thioether (sulfide) groups is 1. The highest BCUT2D eigenvalue weighted by atomic mass is 32.2. The number of rotatable bonds is 7. The van der Waals surface area contributed by atoms with Gasteiger partial charge >= 0.3 is 0 Å². The van der Waals surface area contributed by atoms with E-state index in [1.807, 2.05) is 26.0 Å². The first kappa shape index (κ1) is 22.2. The fourth-order valence-electron chi connectivity index (χ4n) is 3.32. The summed E-state index contributed by atoms with van der Waals surface area (Å²) in [7, 11) is 0. The number of ketones is 1. The Morgan fingerprint density at radius 1 is 1.22 bits per heavy atom. The van der Waals surface area contributed by atoms with Crippen molar-refractivity contribution < 1.29 is 9.59 Å². The van der Waals surface area contributed by atoms with E-state index < -0.39 is 0 Å². The third kappa shape index (κ3) is 4.58. The van der Waals surface area contributed by atoms with Crippen LogP contribution in [0.3, 0.4) is 0 Å². The van der Waals surface area contributed by atoms with Crippen molar-refractivity contribution in [1.82, 2.24) is 14.5 Å². The number of benzene rings is 1. The Hall–Kier alpha value is -3.04. The largest absolute Gasteiger partial charge is 0.325 e. The van der Waals surface area contributed by atoms with E-state index in [9.17, 15) is 14.4 Å². The minimum absolute atomic E-state index is 0.0665. The number of amides is 1. The molecule has 0 aliphatic rings. The second-order valence-corrected chi connectivity index (χ2v) is 9.76. The van der Waals surface area contributed by atoms with Gasteiger partial charge in [0.15, 0.2) is 10.9 Å². The number of carbonyl (C=O) groups excluding carboxylic acids is 2. The molecule has 0 fully saturated rings. The molecule has 7 nitrogen and oxygen atoms in total. The van der Waals surface area contributed by atoms with Gasteiger partial charge in [-0.15, -0.1) is 11.3 Å². The Kier molecular flexibility index (Phi) is 6.38. The minimum atomic E-state index is -0.238. The SMILES string of the molecule is CC(=O)c1cccc(NC(=O)CSc2nc3c(sc4ncccc43)c(=O)n2CC(C)C)c1. The van der Waals surface area contributed by atoms with Gasteiger partial charge in [-0.2, -0.15) is 0 Å². The number of carbonyl (C=O) groups is 2. The van der Waals surface area contributed by atoms with E-state index in [0.29, 0.717) is 33.2 Å². The zero-order valence-corrected chi connectivity index (χ0v) is 19.5. The van der Waals surface area contributed by atoms with Crippen LogP contribution in [0, 0.1) is 5.92 Å². The van der Waals surface area contributed by atoms with Crippen LogP contribution in [-0.2, 0) is 11.3 Å². The molecule has 0 saturated heterocycles. The summed E-state index contributed by atoms with van der Waals surface area (Å²) in [6.45, 7) is 6.06. The lowest BCUT2D eigenvalue weighted by Crippen LogP contribution is -2.25. The maximum Gasteiger partial charge on any atom is 0.272 e. The maximum atomic E-state index is 13.3. The number of hydrogen-bond acceptors (Lipinski definition) is 7. The third-order valence-electron chi connectivity index (χ3n) is 4.75. The van der Waals surface area contributed by atoms with Gasteiger partial charge in [0.05, 0.1) is 11.3 Å². The van der Waals surface area contributed by atoms with Crippen molar-refractivity contribution in [3.8, 4) is 0 Å².